The van der Waals surface area contributed by atoms with Gasteiger partial charge in [-0.15, -0.1) is 0 Å². The lowest BCUT2D eigenvalue weighted by Gasteiger charge is -2.44. The highest BCUT2D eigenvalue weighted by Gasteiger charge is 2.61. The highest BCUT2D eigenvalue weighted by Crippen LogP contribution is 2.51. The van der Waals surface area contributed by atoms with Crippen LogP contribution in [0.5, 0.6) is 0 Å². The molecule has 0 radical (unpaired) electrons. The van der Waals surface area contributed by atoms with Crippen molar-refractivity contribution < 1.29 is 58.8 Å². The Labute approximate surface area is 177 Å². The highest BCUT2D eigenvalue weighted by molar-refractivity contribution is 5.89. The lowest BCUT2D eigenvalue weighted by atomic mass is 9.80. The third-order valence-corrected chi connectivity index (χ3v) is 6.02. The molecule has 0 spiro atoms. The summed E-state index contributed by atoms with van der Waals surface area (Å²) in [7, 11) is 1.17. The smallest absolute Gasteiger partial charge is 0.337 e. The number of hydrogen-bond donors (Lipinski definition) is 5. The number of methoxy groups -OCH3 is 1. The molecule has 2 aliphatic heterocycles. The van der Waals surface area contributed by atoms with E-state index in [0.717, 1.165) is 6.26 Å². The van der Waals surface area contributed by atoms with E-state index in [0.29, 0.717) is 0 Å². The first-order chi connectivity index (χ1) is 14.5. The molecule has 12 nitrogen and oxygen atoms in total. The van der Waals surface area contributed by atoms with Crippen LogP contribution in [0.15, 0.2) is 11.8 Å². The number of aliphatic hydroxyl groups excluding tert-OH is 5. The maximum Gasteiger partial charge on any atom is 0.337 e. The van der Waals surface area contributed by atoms with Crippen LogP contribution in [0.4, 0.5) is 0 Å². The molecule has 2 heterocycles. The molecule has 0 aromatic rings. The van der Waals surface area contributed by atoms with E-state index >= 15 is 0 Å². The van der Waals surface area contributed by atoms with E-state index in [1.165, 1.54) is 14.0 Å². The largest absolute Gasteiger partial charge is 0.471 e. The summed E-state index contributed by atoms with van der Waals surface area (Å²) in [4.78, 5) is 23.9. The molecule has 3 rings (SSSR count). The Bertz CT molecular complexity index is 723. The van der Waals surface area contributed by atoms with Gasteiger partial charge in [0, 0.05) is 19.3 Å². The molecule has 4 unspecified atom stereocenters. The molecule has 3 aliphatic rings. The number of carbonyl (C=O) groups excluding carboxylic acids is 2. The Morgan fingerprint density at radius 2 is 1.84 bits per heavy atom. The fraction of sp³-hybridized carbons (Fsp3) is 0.789. The van der Waals surface area contributed by atoms with Crippen LogP contribution in [-0.2, 0) is 33.3 Å². The van der Waals surface area contributed by atoms with Crippen LogP contribution in [0.25, 0.3) is 0 Å². The number of carbonyl (C=O) groups is 2. The molecule has 0 aromatic heterocycles. The minimum absolute atomic E-state index is 0.0181. The summed E-state index contributed by atoms with van der Waals surface area (Å²) in [6.45, 7) is 2.09. The number of esters is 2. The third-order valence-electron chi connectivity index (χ3n) is 6.02. The molecule has 176 valence electrons. The second-order valence-corrected chi connectivity index (χ2v) is 8.13. The van der Waals surface area contributed by atoms with Crippen LogP contribution < -0.4 is 0 Å². The van der Waals surface area contributed by atoms with Crippen molar-refractivity contribution in [3.8, 4) is 0 Å². The number of hydrogen-bond acceptors (Lipinski definition) is 12. The van der Waals surface area contributed by atoms with E-state index in [1.807, 2.05) is 0 Å². The first-order valence-electron chi connectivity index (χ1n) is 9.81. The van der Waals surface area contributed by atoms with Crippen molar-refractivity contribution in [1.82, 2.24) is 0 Å². The molecule has 31 heavy (non-hydrogen) atoms. The second-order valence-electron chi connectivity index (χ2n) is 8.13. The zero-order valence-corrected chi connectivity index (χ0v) is 17.3. The van der Waals surface area contributed by atoms with Gasteiger partial charge in [-0.05, 0) is 6.92 Å². The minimum Gasteiger partial charge on any atom is -0.471 e. The van der Waals surface area contributed by atoms with E-state index in [-0.39, 0.29) is 12.0 Å². The minimum atomic E-state index is -1.70. The maximum absolute atomic E-state index is 12.2. The average molecular weight is 448 g/mol. The third kappa shape index (κ3) is 4.29. The van der Waals surface area contributed by atoms with Gasteiger partial charge in [-0.3, -0.25) is 4.79 Å². The van der Waals surface area contributed by atoms with Gasteiger partial charge in [0.25, 0.3) is 0 Å². The van der Waals surface area contributed by atoms with Crippen LogP contribution in [0, 0.1) is 11.8 Å². The molecule has 10 atom stereocenters. The van der Waals surface area contributed by atoms with Gasteiger partial charge in [-0.1, -0.05) is 0 Å². The molecule has 1 saturated heterocycles. The SMILES string of the molecule is COC(=O)C1=COC(O[C@@H]2O[C@H](CO)[C@@H](O)[C@H](O)[C@H]2O)C2C1[C@H](O)CC2(C)OC(C)=O. The highest BCUT2D eigenvalue weighted by atomic mass is 16.8. The summed E-state index contributed by atoms with van der Waals surface area (Å²) in [6.07, 6.45) is -9.07. The van der Waals surface area contributed by atoms with Gasteiger partial charge in [0.05, 0.1) is 37.6 Å². The fourth-order valence-electron chi connectivity index (χ4n) is 4.63. The standard InChI is InChI=1S/C19H28O12/c1-7(21)31-19(2)4-9(22)11-8(16(26)27-3)6-28-17(12(11)19)30-18-15(25)14(24)13(23)10(5-20)29-18/h6,9-15,17-18,20,22-25H,4-5H2,1-3H3/t9-,10-,11?,12?,13-,14+,15-,17?,18+,19?/m1/s1. The Hall–Kier alpha value is -1.80. The van der Waals surface area contributed by atoms with Gasteiger partial charge in [0.1, 0.15) is 30.0 Å². The number of fused-ring (bicyclic) bond motifs is 1. The van der Waals surface area contributed by atoms with E-state index in [9.17, 15) is 35.1 Å². The van der Waals surface area contributed by atoms with Gasteiger partial charge in [0.2, 0.25) is 6.29 Å². The maximum atomic E-state index is 12.2. The Morgan fingerprint density at radius 1 is 1.16 bits per heavy atom. The first kappa shape index (κ1) is 23.9. The van der Waals surface area contributed by atoms with Gasteiger partial charge in [-0.2, -0.15) is 0 Å². The Morgan fingerprint density at radius 3 is 2.42 bits per heavy atom. The van der Waals surface area contributed by atoms with E-state index in [1.54, 1.807) is 6.92 Å². The van der Waals surface area contributed by atoms with Gasteiger partial charge in [-0.25, -0.2) is 4.79 Å². The lowest BCUT2D eigenvalue weighted by Crippen LogP contribution is -2.61. The number of ether oxygens (including phenoxy) is 5. The zero-order chi connectivity index (χ0) is 23.1. The quantitative estimate of drug-likeness (QED) is 0.280. The van der Waals surface area contributed by atoms with Crippen molar-refractivity contribution in [2.75, 3.05) is 13.7 Å². The fourth-order valence-corrected chi connectivity index (χ4v) is 4.63. The monoisotopic (exact) mass is 448 g/mol. The normalized spacial score (nSPS) is 44.6. The number of rotatable bonds is 5. The predicted molar refractivity (Wildman–Crippen MR) is 97.6 cm³/mol. The van der Waals surface area contributed by atoms with Crippen molar-refractivity contribution in [3.63, 3.8) is 0 Å². The first-order valence-corrected chi connectivity index (χ1v) is 9.81. The molecule has 12 heteroatoms. The molecule has 1 saturated carbocycles. The average Bonchev–Trinajstić information content (AvgIpc) is 2.98. The zero-order valence-electron chi connectivity index (χ0n) is 17.3. The van der Waals surface area contributed by atoms with Crippen LogP contribution in [0.2, 0.25) is 0 Å². The lowest BCUT2D eigenvalue weighted by molar-refractivity contribution is -0.346. The Kier molecular flexibility index (Phi) is 6.91. The van der Waals surface area contributed by atoms with Crippen LogP contribution >= 0.6 is 0 Å². The van der Waals surface area contributed by atoms with Crippen LogP contribution in [0.1, 0.15) is 20.3 Å². The molecule has 5 N–H and O–H groups in total. The van der Waals surface area contributed by atoms with Crippen molar-refractivity contribution in [3.05, 3.63) is 11.8 Å². The molecular weight excluding hydrogens is 420 g/mol. The molecule has 0 aromatic carbocycles. The van der Waals surface area contributed by atoms with Gasteiger partial charge in [0.15, 0.2) is 6.29 Å². The van der Waals surface area contributed by atoms with Crippen LogP contribution in [0.3, 0.4) is 0 Å². The summed E-state index contributed by atoms with van der Waals surface area (Å²) in [5.74, 6) is -3.18. The van der Waals surface area contributed by atoms with Crippen molar-refractivity contribution in [2.24, 2.45) is 11.8 Å². The topological polar surface area (TPSA) is 181 Å². The number of aliphatic hydroxyl groups is 5. The summed E-state index contributed by atoms with van der Waals surface area (Å²) >= 11 is 0. The molecule has 2 fully saturated rings. The van der Waals surface area contributed by atoms with Gasteiger partial charge >= 0.3 is 11.9 Å². The summed E-state index contributed by atoms with van der Waals surface area (Å²) < 4.78 is 26.8. The molecule has 1 aliphatic carbocycles. The molecule has 0 bridgehead atoms. The summed E-state index contributed by atoms with van der Waals surface area (Å²) in [5.41, 5.74) is -1.30. The van der Waals surface area contributed by atoms with Crippen molar-refractivity contribution in [1.29, 1.82) is 0 Å². The van der Waals surface area contributed by atoms with Gasteiger partial charge < -0.3 is 49.2 Å². The molecular formula is C19H28O12. The Balaban J connectivity index is 1.93. The van der Waals surface area contributed by atoms with Crippen molar-refractivity contribution >= 4 is 11.9 Å². The summed E-state index contributed by atoms with van der Waals surface area (Å²) in [6, 6.07) is 0. The van der Waals surface area contributed by atoms with E-state index in [4.69, 9.17) is 23.7 Å². The van der Waals surface area contributed by atoms with E-state index < -0.39 is 79.1 Å². The molecule has 0 amide bonds. The van der Waals surface area contributed by atoms with Crippen molar-refractivity contribution in [2.45, 2.75) is 69.0 Å². The van der Waals surface area contributed by atoms with E-state index in [2.05, 4.69) is 0 Å². The second kappa shape index (κ2) is 8.98. The van der Waals surface area contributed by atoms with Crippen LogP contribution in [-0.4, -0.2) is 99.9 Å². The predicted octanol–water partition coefficient (Wildman–Crippen LogP) is -2.47. The summed E-state index contributed by atoms with van der Waals surface area (Å²) in [5, 5.41) is 50.3.